The van der Waals surface area contributed by atoms with Crippen molar-refractivity contribution in [1.29, 1.82) is 0 Å². The molecule has 1 aromatic carbocycles. The second-order valence-corrected chi connectivity index (χ2v) is 3.25. The van der Waals surface area contributed by atoms with E-state index in [0.29, 0.717) is 5.56 Å². The van der Waals surface area contributed by atoms with E-state index >= 15 is 0 Å². The number of nitrogens with one attached hydrogen (secondary N) is 1. The molecule has 0 radical (unpaired) electrons. The molecule has 0 bridgehead atoms. The van der Waals surface area contributed by atoms with Gasteiger partial charge >= 0.3 is 0 Å². The summed E-state index contributed by atoms with van der Waals surface area (Å²) in [4.78, 5) is 0. The van der Waals surface area contributed by atoms with Gasteiger partial charge in [-0.1, -0.05) is 17.7 Å². The summed E-state index contributed by atoms with van der Waals surface area (Å²) in [7, 11) is 0. The van der Waals surface area contributed by atoms with E-state index in [1.165, 1.54) is 24.4 Å². The van der Waals surface area contributed by atoms with Crippen molar-refractivity contribution in [3.63, 3.8) is 0 Å². The Morgan fingerprint density at radius 1 is 1.64 bits per heavy atom. The lowest BCUT2D eigenvalue weighted by Gasteiger charge is -1.96. The summed E-state index contributed by atoms with van der Waals surface area (Å²) in [5.74, 6) is -0.467. The maximum atomic E-state index is 12.7. The second-order valence-electron chi connectivity index (χ2n) is 2.41. The number of hydrazone groups is 1. The molecule has 0 fully saturated rings. The van der Waals surface area contributed by atoms with Crippen LogP contribution in [0.4, 0.5) is 4.39 Å². The smallest absolute Gasteiger partial charge is 0.184 e. The monoisotopic (exact) mass is 231 g/mol. The molecule has 0 aliphatic rings. The fourth-order valence-corrected chi connectivity index (χ4v) is 1.00. The van der Waals surface area contributed by atoms with E-state index in [1.54, 1.807) is 0 Å². The van der Waals surface area contributed by atoms with Gasteiger partial charge in [0, 0.05) is 0 Å². The number of hydrogen-bond donors (Lipinski definition) is 2. The molecule has 0 heterocycles. The molecule has 0 saturated heterocycles. The summed E-state index contributed by atoms with van der Waals surface area (Å²) in [5, 5.41) is 3.80. The molecule has 1 aromatic rings. The number of thiocarbonyl (C=S) groups is 1. The molecule has 14 heavy (non-hydrogen) atoms. The third-order valence-electron chi connectivity index (χ3n) is 1.33. The first kappa shape index (κ1) is 10.9. The second kappa shape index (κ2) is 4.88. The Morgan fingerprint density at radius 3 is 2.93 bits per heavy atom. The number of benzene rings is 1. The topological polar surface area (TPSA) is 50.4 Å². The minimum Gasteiger partial charge on any atom is -0.375 e. The summed E-state index contributed by atoms with van der Waals surface area (Å²) < 4.78 is 12.7. The average Bonchev–Trinajstić information content (AvgIpc) is 2.10. The van der Waals surface area contributed by atoms with Crippen molar-refractivity contribution in [2.24, 2.45) is 10.8 Å². The predicted molar refractivity (Wildman–Crippen MR) is 58.9 cm³/mol. The molecule has 3 N–H and O–H groups in total. The van der Waals surface area contributed by atoms with Crippen LogP contribution in [0.25, 0.3) is 0 Å². The normalized spacial score (nSPS) is 10.4. The number of hydrogen-bond acceptors (Lipinski definition) is 2. The zero-order chi connectivity index (χ0) is 10.6. The summed E-state index contributed by atoms with van der Waals surface area (Å²) in [6, 6.07) is 4.23. The molecular weight excluding hydrogens is 225 g/mol. The van der Waals surface area contributed by atoms with Gasteiger partial charge in [0.25, 0.3) is 0 Å². The van der Waals surface area contributed by atoms with Crippen molar-refractivity contribution in [3.8, 4) is 0 Å². The van der Waals surface area contributed by atoms with Gasteiger partial charge in [0.1, 0.15) is 5.82 Å². The van der Waals surface area contributed by atoms with Crippen molar-refractivity contribution >= 4 is 35.1 Å². The summed E-state index contributed by atoms with van der Waals surface area (Å²) >= 11 is 10.1. The number of nitrogens with two attached hydrogens (primary N) is 1. The molecule has 74 valence electrons. The zero-order valence-corrected chi connectivity index (χ0v) is 8.57. The first-order valence-corrected chi connectivity index (χ1v) is 4.42. The van der Waals surface area contributed by atoms with Gasteiger partial charge < -0.3 is 5.73 Å². The molecule has 0 aliphatic heterocycles. The van der Waals surface area contributed by atoms with E-state index in [1.807, 2.05) is 0 Å². The molecule has 0 aromatic heterocycles. The van der Waals surface area contributed by atoms with Gasteiger partial charge in [0.05, 0.1) is 11.2 Å². The molecule has 0 spiro atoms. The van der Waals surface area contributed by atoms with E-state index in [4.69, 9.17) is 17.3 Å². The fraction of sp³-hybridized carbons (Fsp3) is 0. The maximum absolute atomic E-state index is 12.7. The van der Waals surface area contributed by atoms with Crippen LogP contribution in [-0.2, 0) is 0 Å². The molecular formula is C8H7ClFN3S. The van der Waals surface area contributed by atoms with Crippen molar-refractivity contribution in [3.05, 3.63) is 34.6 Å². The van der Waals surface area contributed by atoms with Gasteiger partial charge in [-0.2, -0.15) is 5.10 Å². The highest BCUT2D eigenvalue weighted by Gasteiger charge is 1.98. The summed E-state index contributed by atoms with van der Waals surface area (Å²) in [6.07, 6.45) is 1.43. The van der Waals surface area contributed by atoms with Crippen LogP contribution in [-0.4, -0.2) is 11.3 Å². The molecule has 0 amide bonds. The minimum atomic E-state index is -0.467. The van der Waals surface area contributed by atoms with E-state index in [2.05, 4.69) is 22.7 Å². The Balaban J connectivity index is 2.73. The van der Waals surface area contributed by atoms with Crippen LogP contribution >= 0.6 is 23.8 Å². The highest BCUT2D eigenvalue weighted by atomic mass is 35.5. The summed E-state index contributed by atoms with van der Waals surface area (Å²) in [6.45, 7) is 0. The maximum Gasteiger partial charge on any atom is 0.184 e. The number of rotatable bonds is 2. The predicted octanol–water partition coefficient (Wildman–Crippen LogP) is 1.65. The molecule has 1 rings (SSSR count). The molecule has 0 saturated carbocycles. The van der Waals surface area contributed by atoms with E-state index in [0.717, 1.165) is 0 Å². The third kappa shape index (κ3) is 3.27. The number of nitrogens with zero attached hydrogens (tertiary/aromatic N) is 1. The molecule has 0 unspecified atom stereocenters. The Morgan fingerprint density at radius 2 is 2.36 bits per heavy atom. The van der Waals surface area contributed by atoms with Crippen molar-refractivity contribution in [1.82, 2.24) is 5.43 Å². The van der Waals surface area contributed by atoms with Gasteiger partial charge in [-0.15, -0.1) is 0 Å². The zero-order valence-electron chi connectivity index (χ0n) is 7.00. The van der Waals surface area contributed by atoms with E-state index in [9.17, 15) is 4.39 Å². The third-order valence-corrected chi connectivity index (χ3v) is 1.71. The lowest BCUT2D eigenvalue weighted by molar-refractivity contribution is 0.628. The van der Waals surface area contributed by atoms with Gasteiger partial charge in [-0.25, -0.2) is 4.39 Å². The van der Waals surface area contributed by atoms with Crippen molar-refractivity contribution in [2.45, 2.75) is 0 Å². The Bertz CT molecular complexity index is 381. The highest BCUT2D eigenvalue weighted by Crippen LogP contribution is 2.14. The Hall–Kier alpha value is -1.20. The van der Waals surface area contributed by atoms with Crippen LogP contribution in [0.15, 0.2) is 23.3 Å². The molecule has 0 aliphatic carbocycles. The van der Waals surface area contributed by atoms with Crippen molar-refractivity contribution < 1.29 is 4.39 Å². The van der Waals surface area contributed by atoms with Crippen LogP contribution in [0, 0.1) is 5.82 Å². The van der Waals surface area contributed by atoms with Gasteiger partial charge in [-0.3, -0.25) is 5.43 Å². The molecule has 6 heteroatoms. The molecule has 3 nitrogen and oxygen atoms in total. The SMILES string of the molecule is NC(=S)N/N=C/c1ccc(F)c(Cl)c1. The van der Waals surface area contributed by atoms with E-state index in [-0.39, 0.29) is 10.1 Å². The minimum absolute atomic E-state index is 0.0456. The average molecular weight is 232 g/mol. The Kier molecular flexibility index (Phi) is 3.79. The highest BCUT2D eigenvalue weighted by molar-refractivity contribution is 7.80. The lowest BCUT2D eigenvalue weighted by Crippen LogP contribution is -2.23. The van der Waals surface area contributed by atoms with Gasteiger partial charge in [-0.05, 0) is 29.9 Å². The largest absolute Gasteiger partial charge is 0.375 e. The standard InChI is InChI=1S/C8H7ClFN3S/c9-6-3-5(1-2-7(6)10)4-12-13-8(11)14/h1-4H,(H3,11,13,14)/b12-4+. The van der Waals surface area contributed by atoms with Crippen LogP contribution in [0.2, 0.25) is 5.02 Å². The van der Waals surface area contributed by atoms with E-state index < -0.39 is 5.82 Å². The van der Waals surface area contributed by atoms with Gasteiger partial charge in [0.2, 0.25) is 0 Å². The lowest BCUT2D eigenvalue weighted by atomic mass is 10.2. The van der Waals surface area contributed by atoms with Crippen LogP contribution < -0.4 is 11.2 Å². The Labute approximate surface area is 90.7 Å². The van der Waals surface area contributed by atoms with Crippen molar-refractivity contribution in [2.75, 3.05) is 0 Å². The van der Waals surface area contributed by atoms with Crippen LogP contribution in [0.5, 0.6) is 0 Å². The first-order valence-electron chi connectivity index (χ1n) is 3.63. The first-order chi connectivity index (χ1) is 6.59. The molecule has 0 atom stereocenters. The van der Waals surface area contributed by atoms with Crippen LogP contribution in [0.3, 0.4) is 0 Å². The van der Waals surface area contributed by atoms with Gasteiger partial charge in [0.15, 0.2) is 5.11 Å². The van der Waals surface area contributed by atoms with Crippen LogP contribution in [0.1, 0.15) is 5.56 Å². The number of halogens is 2. The fourth-order valence-electron chi connectivity index (χ4n) is 0.763. The quantitative estimate of drug-likeness (QED) is 0.462. The summed E-state index contributed by atoms with van der Waals surface area (Å²) in [5.41, 5.74) is 8.15.